The van der Waals surface area contributed by atoms with Crippen LogP contribution >= 0.6 is 0 Å². The molecule has 1 aromatic rings. The van der Waals surface area contributed by atoms with Crippen LogP contribution in [0.4, 0.5) is 4.79 Å². The highest BCUT2D eigenvalue weighted by atomic mass is 16.6. The Balaban J connectivity index is 2.37. The highest BCUT2D eigenvalue weighted by Crippen LogP contribution is 2.28. The number of barbiturate groups is 1. The van der Waals surface area contributed by atoms with Crippen LogP contribution in [0.15, 0.2) is 24.3 Å². The van der Waals surface area contributed by atoms with Crippen LogP contribution in [0.2, 0.25) is 0 Å². The predicted molar refractivity (Wildman–Crippen MR) is 67.9 cm³/mol. The van der Waals surface area contributed by atoms with Crippen LogP contribution in [0.5, 0.6) is 5.75 Å². The Morgan fingerprint density at radius 1 is 1.14 bits per heavy atom. The van der Waals surface area contributed by atoms with E-state index >= 15 is 0 Å². The maximum atomic E-state index is 11.8. The van der Waals surface area contributed by atoms with Crippen molar-refractivity contribution in [2.75, 3.05) is 6.54 Å². The zero-order valence-corrected chi connectivity index (χ0v) is 10.6. The van der Waals surface area contributed by atoms with Gasteiger partial charge >= 0.3 is 6.03 Å². The van der Waals surface area contributed by atoms with Crippen LogP contribution in [0.1, 0.15) is 11.5 Å². The van der Waals surface area contributed by atoms with Crippen molar-refractivity contribution in [3.8, 4) is 5.75 Å². The maximum absolute atomic E-state index is 11.8. The van der Waals surface area contributed by atoms with E-state index in [1.165, 1.54) is 24.3 Å². The Morgan fingerprint density at radius 3 is 2.14 bits per heavy atom. The molecule has 0 unspecified atom stereocenters. The number of nitro groups is 1. The number of phenols is 1. The van der Waals surface area contributed by atoms with Crippen LogP contribution < -0.4 is 10.6 Å². The molecule has 1 atom stereocenters. The van der Waals surface area contributed by atoms with Gasteiger partial charge < -0.3 is 5.11 Å². The molecule has 9 heteroatoms. The number of nitrogens with one attached hydrogen (secondary N) is 2. The molecule has 0 bridgehead atoms. The number of aromatic hydroxyl groups is 1. The first-order valence-corrected chi connectivity index (χ1v) is 5.95. The summed E-state index contributed by atoms with van der Waals surface area (Å²) >= 11 is 0. The molecule has 0 saturated carbocycles. The monoisotopic (exact) mass is 293 g/mol. The van der Waals surface area contributed by atoms with Crippen LogP contribution in [0.25, 0.3) is 0 Å². The van der Waals surface area contributed by atoms with E-state index in [-0.39, 0.29) is 5.75 Å². The standard InChI is InChI=1S/C12H11N3O6/c16-7-3-1-6(2-4-7)8(5-15(20)21)9-10(17)13-12(19)14-11(9)18/h1-4,8-9,16H,5H2,(H2,13,14,17,18,19)/t8-/m1/s1. The molecular weight excluding hydrogens is 282 g/mol. The van der Waals surface area contributed by atoms with Gasteiger partial charge in [-0.1, -0.05) is 12.1 Å². The van der Waals surface area contributed by atoms with Gasteiger partial charge in [0.15, 0.2) is 0 Å². The third-order valence-corrected chi connectivity index (χ3v) is 3.11. The van der Waals surface area contributed by atoms with Crippen molar-refractivity contribution in [1.82, 2.24) is 10.6 Å². The maximum Gasteiger partial charge on any atom is 0.328 e. The quantitative estimate of drug-likeness (QED) is 0.397. The third kappa shape index (κ3) is 3.14. The van der Waals surface area contributed by atoms with Crippen LogP contribution in [0, 0.1) is 16.0 Å². The highest BCUT2D eigenvalue weighted by Gasteiger charge is 2.43. The Hall–Kier alpha value is -2.97. The van der Waals surface area contributed by atoms with Crippen LogP contribution in [-0.4, -0.2) is 34.4 Å². The minimum atomic E-state index is -1.39. The predicted octanol–water partition coefficient (Wildman–Crippen LogP) is -0.265. The average Bonchev–Trinajstić information content (AvgIpc) is 2.37. The first-order valence-electron chi connectivity index (χ1n) is 5.95. The summed E-state index contributed by atoms with van der Waals surface area (Å²) in [6.45, 7) is -0.662. The molecule has 1 aliphatic heterocycles. The van der Waals surface area contributed by atoms with E-state index < -0.39 is 41.1 Å². The number of rotatable bonds is 4. The minimum Gasteiger partial charge on any atom is -0.508 e. The van der Waals surface area contributed by atoms with Crippen molar-refractivity contribution < 1.29 is 24.4 Å². The van der Waals surface area contributed by atoms with E-state index in [9.17, 15) is 29.6 Å². The van der Waals surface area contributed by atoms with Crippen molar-refractivity contribution in [3.05, 3.63) is 39.9 Å². The van der Waals surface area contributed by atoms with Gasteiger partial charge in [0.1, 0.15) is 11.7 Å². The SMILES string of the molecule is O=C1NC(=O)C([C@H](C[N+](=O)[O-])c2ccc(O)cc2)C(=O)N1. The van der Waals surface area contributed by atoms with E-state index in [0.29, 0.717) is 5.56 Å². The lowest BCUT2D eigenvalue weighted by atomic mass is 9.84. The summed E-state index contributed by atoms with van der Waals surface area (Å²) in [5.41, 5.74) is 0.342. The second kappa shape index (κ2) is 5.57. The van der Waals surface area contributed by atoms with E-state index in [4.69, 9.17) is 0 Å². The molecule has 0 aliphatic carbocycles. The molecule has 1 saturated heterocycles. The van der Waals surface area contributed by atoms with Gasteiger partial charge in [-0.25, -0.2) is 4.79 Å². The second-order valence-corrected chi connectivity index (χ2v) is 4.50. The van der Waals surface area contributed by atoms with Gasteiger partial charge in [0.2, 0.25) is 18.4 Å². The van der Waals surface area contributed by atoms with Gasteiger partial charge in [0.05, 0.1) is 5.92 Å². The fraction of sp³-hybridized carbons (Fsp3) is 0.250. The van der Waals surface area contributed by atoms with Crippen molar-refractivity contribution in [3.63, 3.8) is 0 Å². The zero-order valence-electron chi connectivity index (χ0n) is 10.6. The van der Waals surface area contributed by atoms with Gasteiger partial charge in [-0.15, -0.1) is 0 Å². The summed E-state index contributed by atoms with van der Waals surface area (Å²) in [5.74, 6) is -4.26. The van der Waals surface area contributed by atoms with E-state index in [1.54, 1.807) is 0 Å². The van der Waals surface area contributed by atoms with Crippen molar-refractivity contribution in [2.24, 2.45) is 5.92 Å². The van der Waals surface area contributed by atoms with Gasteiger partial charge in [-0.05, 0) is 17.7 Å². The Labute approximate surface area is 118 Å². The number of carbonyl (C=O) groups is 3. The van der Waals surface area contributed by atoms with Gasteiger partial charge in [0, 0.05) is 4.92 Å². The Kier molecular flexibility index (Phi) is 3.83. The molecule has 3 N–H and O–H groups in total. The first-order chi connectivity index (χ1) is 9.88. The summed E-state index contributed by atoms with van der Waals surface area (Å²) < 4.78 is 0. The molecule has 1 aliphatic rings. The molecule has 0 aromatic heterocycles. The molecule has 1 heterocycles. The smallest absolute Gasteiger partial charge is 0.328 e. The number of carbonyl (C=O) groups excluding carboxylic acids is 3. The highest BCUT2D eigenvalue weighted by molar-refractivity contribution is 6.16. The summed E-state index contributed by atoms with van der Waals surface area (Å²) in [6, 6.07) is 4.42. The molecule has 4 amide bonds. The van der Waals surface area contributed by atoms with E-state index in [2.05, 4.69) is 0 Å². The lowest BCUT2D eigenvalue weighted by molar-refractivity contribution is -0.484. The van der Waals surface area contributed by atoms with Crippen molar-refractivity contribution >= 4 is 17.8 Å². The Morgan fingerprint density at radius 2 is 1.67 bits per heavy atom. The van der Waals surface area contributed by atoms with Crippen molar-refractivity contribution in [1.29, 1.82) is 0 Å². The third-order valence-electron chi connectivity index (χ3n) is 3.11. The number of phenolic OH excluding ortho intramolecular Hbond substituents is 1. The van der Waals surface area contributed by atoms with Crippen LogP contribution in [-0.2, 0) is 9.59 Å². The first kappa shape index (κ1) is 14.4. The number of amides is 4. The number of hydrogen-bond acceptors (Lipinski definition) is 6. The van der Waals surface area contributed by atoms with E-state index in [0.717, 1.165) is 0 Å². The summed E-state index contributed by atoms with van der Waals surface area (Å²) in [5, 5.41) is 23.9. The normalized spacial score (nSPS) is 17.0. The molecule has 21 heavy (non-hydrogen) atoms. The molecule has 0 spiro atoms. The van der Waals surface area contributed by atoms with Gasteiger partial charge in [0.25, 0.3) is 0 Å². The molecule has 110 valence electrons. The van der Waals surface area contributed by atoms with Crippen molar-refractivity contribution in [2.45, 2.75) is 5.92 Å². The molecule has 1 fully saturated rings. The second-order valence-electron chi connectivity index (χ2n) is 4.50. The summed E-state index contributed by atoms with van der Waals surface area (Å²) in [4.78, 5) is 44.8. The molecule has 1 aromatic carbocycles. The fourth-order valence-corrected chi connectivity index (χ4v) is 2.18. The number of nitrogens with zero attached hydrogens (tertiary/aromatic N) is 1. The molecule has 9 nitrogen and oxygen atoms in total. The Bertz CT molecular complexity index is 592. The summed E-state index contributed by atoms with van der Waals surface area (Å²) in [7, 11) is 0. The fourth-order valence-electron chi connectivity index (χ4n) is 2.18. The lowest BCUT2D eigenvalue weighted by Crippen LogP contribution is -2.57. The van der Waals surface area contributed by atoms with Gasteiger partial charge in [-0.2, -0.15) is 0 Å². The van der Waals surface area contributed by atoms with E-state index in [1.807, 2.05) is 10.6 Å². The zero-order chi connectivity index (χ0) is 15.6. The van der Waals surface area contributed by atoms with Crippen LogP contribution in [0.3, 0.4) is 0 Å². The van der Waals surface area contributed by atoms with Gasteiger partial charge in [-0.3, -0.25) is 30.3 Å². The average molecular weight is 293 g/mol. The molecule has 2 rings (SSSR count). The number of urea groups is 1. The lowest BCUT2D eigenvalue weighted by Gasteiger charge is -2.26. The number of hydrogen-bond donors (Lipinski definition) is 3. The largest absolute Gasteiger partial charge is 0.508 e. The number of imide groups is 2. The minimum absolute atomic E-state index is 0.0497. The molecular formula is C12H11N3O6. The molecule has 0 radical (unpaired) electrons. The number of benzene rings is 1. The summed E-state index contributed by atoms with van der Waals surface area (Å²) in [6.07, 6.45) is 0. The topological polar surface area (TPSA) is 139 Å².